The van der Waals surface area contributed by atoms with Crippen LogP contribution in [-0.4, -0.2) is 60.4 Å². The van der Waals surface area contributed by atoms with E-state index in [-0.39, 0.29) is 29.6 Å². The highest BCUT2D eigenvalue weighted by atomic mass is 19.1. The van der Waals surface area contributed by atoms with Gasteiger partial charge in [-0.25, -0.2) is 9.18 Å². The summed E-state index contributed by atoms with van der Waals surface area (Å²) in [6, 6.07) is 12.5. The first-order valence-electron chi connectivity index (χ1n) is 14.7. The van der Waals surface area contributed by atoms with Crippen molar-refractivity contribution in [1.29, 1.82) is 0 Å². The molecule has 0 saturated carbocycles. The zero-order valence-electron chi connectivity index (χ0n) is 24.5. The van der Waals surface area contributed by atoms with E-state index >= 15 is 0 Å². The quantitative estimate of drug-likeness (QED) is 0.253. The molecule has 1 unspecified atom stereocenters. The maximum absolute atomic E-state index is 14.6. The molecule has 8 nitrogen and oxygen atoms in total. The van der Waals surface area contributed by atoms with Crippen molar-refractivity contribution in [3.05, 3.63) is 94.0 Å². The first-order chi connectivity index (χ1) is 20.2. The van der Waals surface area contributed by atoms with Crippen LogP contribution in [0.15, 0.2) is 65.8 Å². The molecule has 4 heterocycles. The van der Waals surface area contributed by atoms with Crippen LogP contribution in [0.25, 0.3) is 27.6 Å². The summed E-state index contributed by atoms with van der Waals surface area (Å²) in [5.41, 5.74) is 5.68. The van der Waals surface area contributed by atoms with Gasteiger partial charge in [0.1, 0.15) is 5.82 Å². The Morgan fingerprint density at radius 2 is 1.86 bits per heavy atom. The van der Waals surface area contributed by atoms with Crippen LogP contribution >= 0.6 is 0 Å². The highest BCUT2D eigenvalue weighted by Gasteiger charge is 2.28. The number of nitrogens with one attached hydrogen (secondary N) is 2. The number of pyridine rings is 1. The van der Waals surface area contributed by atoms with Crippen molar-refractivity contribution >= 4 is 27.8 Å². The number of carbonyl (C=O) groups excluding carboxylic acids is 1. The summed E-state index contributed by atoms with van der Waals surface area (Å²) >= 11 is 0. The van der Waals surface area contributed by atoms with Crippen molar-refractivity contribution in [3.8, 4) is 5.69 Å². The number of piperidine rings is 1. The lowest BCUT2D eigenvalue weighted by Crippen LogP contribution is -2.42. The number of imidazole rings is 1. The minimum Gasteiger partial charge on any atom is -0.334 e. The topological polar surface area (TPSA) is 90.0 Å². The highest BCUT2D eigenvalue weighted by molar-refractivity contribution is 5.99. The van der Waals surface area contributed by atoms with Gasteiger partial charge in [-0.2, -0.15) is 0 Å². The Morgan fingerprint density at radius 3 is 2.64 bits per heavy atom. The van der Waals surface area contributed by atoms with E-state index in [1.54, 1.807) is 17.2 Å². The van der Waals surface area contributed by atoms with Gasteiger partial charge in [0.15, 0.2) is 0 Å². The van der Waals surface area contributed by atoms with E-state index in [0.29, 0.717) is 11.3 Å². The fraction of sp³-hybridized carbons (Fsp3) is 0.364. The molecule has 1 fully saturated rings. The Kier molecular flexibility index (Phi) is 7.45. The number of aromatic nitrogens is 4. The first kappa shape index (κ1) is 27.9. The molecular formula is C33H37FN6O2. The van der Waals surface area contributed by atoms with Crippen molar-refractivity contribution < 1.29 is 9.18 Å². The molecule has 0 radical (unpaired) electrons. The molecule has 6 rings (SSSR count). The number of amides is 1. The van der Waals surface area contributed by atoms with E-state index in [1.807, 2.05) is 56.7 Å². The predicted molar refractivity (Wildman–Crippen MR) is 164 cm³/mol. The van der Waals surface area contributed by atoms with E-state index in [0.717, 1.165) is 60.0 Å². The molecule has 1 amide bonds. The number of H-pyrrole nitrogens is 2. The van der Waals surface area contributed by atoms with Crippen molar-refractivity contribution in [2.24, 2.45) is 0 Å². The Bertz CT molecular complexity index is 1810. The minimum atomic E-state index is -0.436. The number of fused-ring (bicyclic) bond motifs is 2. The molecule has 2 aromatic carbocycles. The largest absolute Gasteiger partial charge is 0.334 e. The summed E-state index contributed by atoms with van der Waals surface area (Å²) in [5, 5.41) is 1.09. The van der Waals surface area contributed by atoms with Crippen LogP contribution < -0.4 is 5.69 Å². The number of hydrogen-bond acceptors (Lipinski definition) is 4. The third kappa shape index (κ3) is 5.25. The van der Waals surface area contributed by atoms with Gasteiger partial charge in [0.2, 0.25) is 0 Å². The molecule has 0 spiro atoms. The van der Waals surface area contributed by atoms with E-state index in [1.165, 1.54) is 17.7 Å². The first-order valence-corrected chi connectivity index (χ1v) is 14.7. The molecule has 218 valence electrons. The molecule has 0 bridgehead atoms. The van der Waals surface area contributed by atoms with Crippen LogP contribution in [0.3, 0.4) is 0 Å². The van der Waals surface area contributed by atoms with Gasteiger partial charge in [-0.05, 0) is 101 Å². The van der Waals surface area contributed by atoms with Crippen LogP contribution in [0.1, 0.15) is 67.9 Å². The SMILES string of the molecule is CC(C)N(C(=O)c1cc(F)ccc1-n1cc(C2CCCN(Cc3ccc4[nH]c(=O)[nH]c4c3)C2)c2ccncc21)C(C)C. The number of halogens is 1. The van der Waals surface area contributed by atoms with E-state index in [4.69, 9.17) is 0 Å². The highest BCUT2D eigenvalue weighted by Crippen LogP contribution is 2.36. The number of nitrogens with zero attached hydrogens (tertiary/aromatic N) is 4. The standard InChI is InChI=1S/C33H37FN6O2/c1-20(2)40(21(3)4)32(41)26-15-24(34)8-10-30(26)39-19-27(25-11-12-35-16-31(25)39)23-6-5-13-38(18-23)17-22-7-9-28-29(14-22)37-33(42)36-28/h7-12,14-16,19-21,23H,5-6,13,17-18H2,1-4H3,(H2,36,37,42). The van der Waals surface area contributed by atoms with Crippen LogP contribution in [0, 0.1) is 5.82 Å². The van der Waals surface area contributed by atoms with E-state index < -0.39 is 5.82 Å². The number of aromatic amines is 2. The Morgan fingerprint density at radius 1 is 1.07 bits per heavy atom. The Balaban J connectivity index is 1.35. The lowest BCUT2D eigenvalue weighted by Gasteiger charge is -2.33. The summed E-state index contributed by atoms with van der Waals surface area (Å²) in [4.78, 5) is 39.8. The molecule has 3 aromatic heterocycles. The molecule has 42 heavy (non-hydrogen) atoms. The Hall–Kier alpha value is -4.24. The third-order valence-electron chi connectivity index (χ3n) is 8.37. The summed E-state index contributed by atoms with van der Waals surface area (Å²) in [5.74, 6) is -0.344. The molecule has 1 aliphatic rings. The molecule has 5 aromatic rings. The van der Waals surface area contributed by atoms with Crippen LogP contribution in [0.5, 0.6) is 0 Å². The smallest absolute Gasteiger partial charge is 0.323 e. The zero-order valence-corrected chi connectivity index (χ0v) is 24.5. The van der Waals surface area contributed by atoms with Crippen LogP contribution in [0.2, 0.25) is 0 Å². The molecule has 1 aliphatic heterocycles. The Labute approximate surface area is 244 Å². The normalized spacial score (nSPS) is 16.2. The monoisotopic (exact) mass is 568 g/mol. The lowest BCUT2D eigenvalue weighted by molar-refractivity contribution is 0.0643. The van der Waals surface area contributed by atoms with Gasteiger partial charge in [-0.15, -0.1) is 0 Å². The summed E-state index contributed by atoms with van der Waals surface area (Å²) in [6.45, 7) is 10.6. The van der Waals surface area contributed by atoms with Gasteiger partial charge in [-0.1, -0.05) is 6.07 Å². The molecule has 1 atom stereocenters. The number of benzene rings is 2. The van der Waals surface area contributed by atoms with Gasteiger partial charge >= 0.3 is 5.69 Å². The average Bonchev–Trinajstić information content (AvgIpc) is 3.52. The average molecular weight is 569 g/mol. The van der Waals surface area contributed by atoms with Crippen LogP contribution in [-0.2, 0) is 6.54 Å². The van der Waals surface area contributed by atoms with Gasteiger partial charge in [0, 0.05) is 43.0 Å². The van der Waals surface area contributed by atoms with Crippen LogP contribution in [0.4, 0.5) is 4.39 Å². The number of hydrogen-bond donors (Lipinski definition) is 2. The minimum absolute atomic E-state index is 0.0290. The van der Waals surface area contributed by atoms with E-state index in [9.17, 15) is 14.0 Å². The molecule has 2 N–H and O–H groups in total. The van der Waals surface area contributed by atoms with Crippen molar-refractivity contribution in [1.82, 2.24) is 29.3 Å². The maximum atomic E-state index is 14.6. The number of likely N-dealkylation sites (tertiary alicyclic amines) is 1. The lowest BCUT2D eigenvalue weighted by atomic mass is 9.90. The second-order valence-electron chi connectivity index (χ2n) is 11.9. The maximum Gasteiger partial charge on any atom is 0.323 e. The molecule has 1 saturated heterocycles. The second-order valence-corrected chi connectivity index (χ2v) is 11.9. The van der Waals surface area contributed by atoms with Gasteiger partial charge < -0.3 is 19.4 Å². The van der Waals surface area contributed by atoms with Crippen molar-refractivity contribution in [2.45, 2.75) is 65.1 Å². The second kappa shape index (κ2) is 11.2. The predicted octanol–water partition coefficient (Wildman–Crippen LogP) is 5.97. The van der Waals surface area contributed by atoms with Crippen molar-refractivity contribution in [3.63, 3.8) is 0 Å². The number of rotatable bonds is 7. The summed E-state index contributed by atoms with van der Waals surface area (Å²) < 4.78 is 16.6. The van der Waals surface area contributed by atoms with Crippen molar-refractivity contribution in [2.75, 3.05) is 13.1 Å². The molecule has 0 aliphatic carbocycles. The zero-order chi connectivity index (χ0) is 29.5. The number of carbonyl (C=O) groups is 1. The molecular weight excluding hydrogens is 531 g/mol. The summed E-state index contributed by atoms with van der Waals surface area (Å²) in [7, 11) is 0. The third-order valence-corrected chi connectivity index (χ3v) is 8.37. The summed E-state index contributed by atoms with van der Waals surface area (Å²) in [6.07, 6.45) is 7.86. The fourth-order valence-electron chi connectivity index (χ4n) is 6.61. The fourth-order valence-corrected chi connectivity index (χ4v) is 6.61. The molecule has 9 heteroatoms. The van der Waals surface area contributed by atoms with E-state index in [2.05, 4.69) is 32.1 Å². The van der Waals surface area contributed by atoms with Gasteiger partial charge in [0.25, 0.3) is 5.91 Å². The van der Waals surface area contributed by atoms with Gasteiger partial charge in [0.05, 0.1) is 34.0 Å². The van der Waals surface area contributed by atoms with Gasteiger partial charge in [-0.3, -0.25) is 14.7 Å².